The maximum Gasteiger partial charge on any atom is 0.222 e. The summed E-state index contributed by atoms with van der Waals surface area (Å²) in [5, 5.41) is 0. The van der Waals surface area contributed by atoms with Crippen LogP contribution in [-0.4, -0.2) is 38.1 Å². The van der Waals surface area contributed by atoms with E-state index >= 15 is 0 Å². The Labute approximate surface area is 133 Å². The largest absolute Gasteiger partial charge is 0.493 e. The Balaban J connectivity index is 2.82. The van der Waals surface area contributed by atoms with Crippen molar-refractivity contribution < 1.29 is 14.3 Å². The molecule has 0 atom stereocenters. The number of carbonyl (C=O) groups excluding carboxylic acids is 1. The summed E-state index contributed by atoms with van der Waals surface area (Å²) in [6.07, 6.45) is 2.98. The van der Waals surface area contributed by atoms with Gasteiger partial charge in [-0.3, -0.25) is 4.79 Å². The van der Waals surface area contributed by atoms with Gasteiger partial charge in [0, 0.05) is 36.8 Å². The van der Waals surface area contributed by atoms with Crippen molar-refractivity contribution >= 4 is 11.6 Å². The SMILES string of the molecule is CCCN(CCC)C(=O)CCc1cc(N)cc(OC)c1OC. The number of amides is 1. The summed E-state index contributed by atoms with van der Waals surface area (Å²) in [5.41, 5.74) is 7.40. The molecule has 1 aromatic carbocycles. The molecule has 0 saturated carbocycles. The van der Waals surface area contributed by atoms with Gasteiger partial charge in [0.1, 0.15) is 0 Å². The van der Waals surface area contributed by atoms with E-state index in [-0.39, 0.29) is 5.91 Å². The average Bonchev–Trinajstić information content (AvgIpc) is 2.51. The summed E-state index contributed by atoms with van der Waals surface area (Å²) in [5.74, 6) is 1.43. The van der Waals surface area contributed by atoms with Gasteiger partial charge >= 0.3 is 0 Å². The van der Waals surface area contributed by atoms with Crippen LogP contribution in [0.2, 0.25) is 0 Å². The van der Waals surface area contributed by atoms with Gasteiger partial charge in [-0.05, 0) is 25.3 Å². The normalized spacial score (nSPS) is 10.4. The van der Waals surface area contributed by atoms with E-state index < -0.39 is 0 Å². The third-order valence-corrected chi connectivity index (χ3v) is 3.53. The molecule has 0 radical (unpaired) electrons. The van der Waals surface area contributed by atoms with Gasteiger partial charge in [0.25, 0.3) is 0 Å². The fourth-order valence-corrected chi connectivity index (χ4v) is 2.55. The molecule has 0 aromatic heterocycles. The lowest BCUT2D eigenvalue weighted by Gasteiger charge is -2.22. The molecule has 5 heteroatoms. The lowest BCUT2D eigenvalue weighted by atomic mass is 10.1. The van der Waals surface area contributed by atoms with Crippen LogP contribution in [-0.2, 0) is 11.2 Å². The zero-order valence-electron chi connectivity index (χ0n) is 14.1. The first kappa shape index (κ1) is 18.1. The Morgan fingerprint density at radius 2 is 1.77 bits per heavy atom. The molecular formula is C17H28N2O3. The quantitative estimate of drug-likeness (QED) is 0.712. The number of hydrogen-bond acceptors (Lipinski definition) is 4. The predicted molar refractivity (Wildman–Crippen MR) is 89.4 cm³/mol. The standard InChI is InChI=1S/C17H28N2O3/c1-5-9-19(10-6-2)16(20)8-7-13-11-14(18)12-15(21-3)17(13)22-4/h11-12H,5-10,18H2,1-4H3. The number of ether oxygens (including phenoxy) is 2. The first-order valence-electron chi connectivity index (χ1n) is 7.85. The van der Waals surface area contributed by atoms with E-state index in [1.165, 1.54) is 0 Å². The number of nitrogen functional groups attached to an aromatic ring is 1. The minimum Gasteiger partial charge on any atom is -0.493 e. The van der Waals surface area contributed by atoms with Crippen LogP contribution in [0.3, 0.4) is 0 Å². The van der Waals surface area contributed by atoms with Gasteiger partial charge in [-0.2, -0.15) is 0 Å². The zero-order valence-corrected chi connectivity index (χ0v) is 14.1. The summed E-state index contributed by atoms with van der Waals surface area (Å²) in [6, 6.07) is 3.57. The van der Waals surface area contributed by atoms with Crippen molar-refractivity contribution in [2.45, 2.75) is 39.5 Å². The van der Waals surface area contributed by atoms with Crippen LogP contribution in [0.15, 0.2) is 12.1 Å². The van der Waals surface area contributed by atoms with Gasteiger partial charge in [0.2, 0.25) is 5.91 Å². The Bertz CT molecular complexity index is 483. The van der Waals surface area contributed by atoms with Crippen LogP contribution in [0.25, 0.3) is 0 Å². The molecule has 22 heavy (non-hydrogen) atoms. The Kier molecular flexibility index (Phi) is 7.57. The number of hydrogen-bond donors (Lipinski definition) is 1. The van der Waals surface area contributed by atoms with Gasteiger partial charge in [0.15, 0.2) is 11.5 Å². The molecule has 1 amide bonds. The van der Waals surface area contributed by atoms with Crippen molar-refractivity contribution in [2.75, 3.05) is 33.0 Å². The van der Waals surface area contributed by atoms with Gasteiger partial charge in [-0.25, -0.2) is 0 Å². The monoisotopic (exact) mass is 308 g/mol. The Hall–Kier alpha value is -1.91. The van der Waals surface area contributed by atoms with Crippen molar-refractivity contribution in [2.24, 2.45) is 0 Å². The zero-order chi connectivity index (χ0) is 16.5. The smallest absolute Gasteiger partial charge is 0.222 e. The molecule has 2 N–H and O–H groups in total. The number of aryl methyl sites for hydroxylation is 1. The highest BCUT2D eigenvalue weighted by Crippen LogP contribution is 2.34. The van der Waals surface area contributed by atoms with E-state index in [0.717, 1.165) is 31.5 Å². The lowest BCUT2D eigenvalue weighted by molar-refractivity contribution is -0.131. The molecule has 0 saturated heterocycles. The first-order valence-corrected chi connectivity index (χ1v) is 7.85. The Morgan fingerprint density at radius 3 is 2.27 bits per heavy atom. The molecule has 124 valence electrons. The van der Waals surface area contributed by atoms with E-state index in [4.69, 9.17) is 15.2 Å². The summed E-state index contributed by atoms with van der Waals surface area (Å²) in [7, 11) is 3.18. The fraction of sp³-hybridized carbons (Fsp3) is 0.588. The van der Waals surface area contributed by atoms with Crippen LogP contribution >= 0.6 is 0 Å². The molecule has 5 nitrogen and oxygen atoms in total. The van der Waals surface area contributed by atoms with Crippen molar-refractivity contribution in [1.29, 1.82) is 0 Å². The fourth-order valence-electron chi connectivity index (χ4n) is 2.55. The van der Waals surface area contributed by atoms with Crippen LogP contribution in [0.1, 0.15) is 38.7 Å². The van der Waals surface area contributed by atoms with Gasteiger partial charge in [-0.1, -0.05) is 13.8 Å². The van der Waals surface area contributed by atoms with Crippen LogP contribution in [0.5, 0.6) is 11.5 Å². The molecule has 0 unspecified atom stereocenters. The second kappa shape index (κ2) is 9.18. The number of rotatable bonds is 9. The molecule has 0 spiro atoms. The maximum absolute atomic E-state index is 12.4. The molecule has 0 bridgehead atoms. The lowest BCUT2D eigenvalue weighted by Crippen LogP contribution is -2.32. The highest BCUT2D eigenvalue weighted by molar-refractivity contribution is 5.76. The number of nitrogens with two attached hydrogens (primary N) is 1. The summed E-state index contributed by atoms with van der Waals surface area (Å²) < 4.78 is 10.7. The predicted octanol–water partition coefficient (Wildman–Crippen LogP) is 2.87. The minimum atomic E-state index is 0.173. The van der Waals surface area contributed by atoms with Crippen LogP contribution < -0.4 is 15.2 Å². The minimum absolute atomic E-state index is 0.173. The summed E-state index contributed by atoms with van der Waals surface area (Å²) in [4.78, 5) is 14.3. The Morgan fingerprint density at radius 1 is 1.14 bits per heavy atom. The van der Waals surface area contributed by atoms with Gasteiger partial charge in [-0.15, -0.1) is 0 Å². The molecule has 0 aliphatic rings. The first-order chi connectivity index (χ1) is 10.6. The summed E-state index contributed by atoms with van der Waals surface area (Å²) in [6.45, 7) is 5.79. The third-order valence-electron chi connectivity index (χ3n) is 3.53. The van der Waals surface area contributed by atoms with Gasteiger partial charge < -0.3 is 20.1 Å². The molecule has 0 heterocycles. The number of benzene rings is 1. The molecule has 1 rings (SSSR count). The van der Waals surface area contributed by atoms with Crippen molar-refractivity contribution in [3.8, 4) is 11.5 Å². The van der Waals surface area contributed by atoms with E-state index in [9.17, 15) is 4.79 Å². The van der Waals surface area contributed by atoms with Crippen molar-refractivity contribution in [3.63, 3.8) is 0 Å². The highest BCUT2D eigenvalue weighted by Gasteiger charge is 2.16. The van der Waals surface area contributed by atoms with E-state index in [2.05, 4.69) is 13.8 Å². The number of methoxy groups -OCH3 is 2. The maximum atomic E-state index is 12.4. The van der Waals surface area contributed by atoms with E-state index in [1.54, 1.807) is 20.3 Å². The average molecular weight is 308 g/mol. The van der Waals surface area contributed by atoms with E-state index in [0.29, 0.717) is 30.0 Å². The van der Waals surface area contributed by atoms with E-state index in [1.807, 2.05) is 11.0 Å². The van der Waals surface area contributed by atoms with Crippen molar-refractivity contribution in [3.05, 3.63) is 17.7 Å². The number of anilines is 1. The third kappa shape index (κ3) is 4.83. The molecular weight excluding hydrogens is 280 g/mol. The molecule has 0 aliphatic heterocycles. The van der Waals surface area contributed by atoms with Crippen LogP contribution in [0, 0.1) is 0 Å². The highest BCUT2D eigenvalue weighted by atomic mass is 16.5. The second-order valence-electron chi connectivity index (χ2n) is 5.30. The van der Waals surface area contributed by atoms with Crippen molar-refractivity contribution in [1.82, 2.24) is 4.90 Å². The second-order valence-corrected chi connectivity index (χ2v) is 5.30. The molecule has 0 aliphatic carbocycles. The number of nitrogens with zero attached hydrogens (tertiary/aromatic N) is 1. The van der Waals surface area contributed by atoms with Crippen LogP contribution in [0.4, 0.5) is 5.69 Å². The topological polar surface area (TPSA) is 64.8 Å². The summed E-state index contributed by atoms with van der Waals surface area (Å²) >= 11 is 0. The molecule has 0 fully saturated rings. The molecule has 1 aromatic rings. The van der Waals surface area contributed by atoms with Gasteiger partial charge in [0.05, 0.1) is 14.2 Å². The number of carbonyl (C=O) groups is 1.